The van der Waals surface area contributed by atoms with Crippen molar-refractivity contribution in [3.63, 3.8) is 0 Å². The van der Waals surface area contributed by atoms with Crippen molar-refractivity contribution in [2.45, 2.75) is 9.79 Å². The number of nitrogens with one attached hydrogen (secondary N) is 2. The summed E-state index contributed by atoms with van der Waals surface area (Å²) in [5.41, 5.74) is 4.77. The van der Waals surface area contributed by atoms with Gasteiger partial charge >= 0.3 is 0 Å². The molecule has 0 spiro atoms. The smallest absolute Gasteiger partial charge is 0.229 e. The molecule has 0 radical (unpaired) electrons. The molecule has 11 heteroatoms. The summed E-state index contributed by atoms with van der Waals surface area (Å²) in [7, 11) is -6.53. The van der Waals surface area contributed by atoms with Gasteiger partial charge in [0, 0.05) is 23.9 Å². The van der Waals surface area contributed by atoms with Gasteiger partial charge in [-0.2, -0.15) is 4.98 Å². The number of aromatic nitrogens is 2. The van der Waals surface area contributed by atoms with Gasteiger partial charge in [-0.3, -0.25) is 0 Å². The fourth-order valence-corrected chi connectivity index (χ4v) is 5.32. The lowest BCUT2D eigenvalue weighted by molar-refractivity contribution is 0.600. The van der Waals surface area contributed by atoms with E-state index in [1.807, 2.05) is 36.4 Å². The lowest BCUT2D eigenvalue weighted by Gasteiger charge is -2.11. The van der Waals surface area contributed by atoms with Gasteiger partial charge in [0.1, 0.15) is 0 Å². The third-order valence-corrected chi connectivity index (χ3v) is 8.52. The number of halogens is 1. The predicted octanol–water partition coefficient (Wildman–Crippen LogP) is 6.24. The first kappa shape index (κ1) is 27.9. The second-order valence-corrected chi connectivity index (χ2v) is 13.4. The first-order valence-electron chi connectivity index (χ1n) is 12.3. The fourth-order valence-electron chi connectivity index (χ4n) is 4.06. The first-order chi connectivity index (χ1) is 19.5. The Morgan fingerprint density at radius 3 is 1.32 bits per heavy atom. The van der Waals surface area contributed by atoms with E-state index < -0.39 is 25.5 Å². The Labute approximate surface area is 237 Å². The van der Waals surface area contributed by atoms with Crippen molar-refractivity contribution in [2.75, 3.05) is 23.1 Å². The standard InChI is InChI=1S/C30H25FN4O4S2/c1-40(36,37)26-15-7-22(8-16-26)20-3-11-24(12-4-20)33-29-28(31)19-32-30(35-29)34-25-13-5-21(6-14-25)23-9-17-27(18-10-23)41(2,38)39/h3-19H,1-2H3,(H2,32,33,34,35). The van der Waals surface area contributed by atoms with Gasteiger partial charge in [-0.25, -0.2) is 26.2 Å². The number of rotatable bonds is 8. The highest BCUT2D eigenvalue weighted by atomic mass is 32.2. The van der Waals surface area contributed by atoms with Gasteiger partial charge in [0.05, 0.1) is 16.0 Å². The molecular formula is C30H25FN4O4S2. The van der Waals surface area contributed by atoms with Gasteiger partial charge in [0.2, 0.25) is 5.95 Å². The number of benzene rings is 4. The Balaban J connectivity index is 1.27. The molecule has 0 fully saturated rings. The molecule has 1 heterocycles. The van der Waals surface area contributed by atoms with E-state index in [4.69, 9.17) is 0 Å². The molecule has 8 nitrogen and oxygen atoms in total. The van der Waals surface area contributed by atoms with Gasteiger partial charge in [-0.05, 0) is 70.8 Å². The van der Waals surface area contributed by atoms with E-state index in [-0.39, 0.29) is 21.6 Å². The monoisotopic (exact) mass is 588 g/mol. The molecule has 4 aromatic carbocycles. The lowest BCUT2D eigenvalue weighted by atomic mass is 10.1. The van der Waals surface area contributed by atoms with Crippen molar-refractivity contribution in [3.05, 3.63) is 109 Å². The van der Waals surface area contributed by atoms with E-state index >= 15 is 0 Å². The minimum atomic E-state index is -3.27. The van der Waals surface area contributed by atoms with Crippen LogP contribution in [0.25, 0.3) is 22.3 Å². The van der Waals surface area contributed by atoms with E-state index in [0.29, 0.717) is 11.4 Å². The summed E-state index contributed by atoms with van der Waals surface area (Å²) in [5.74, 6) is -0.430. The maximum atomic E-state index is 14.5. The Hall–Kier alpha value is -4.61. The molecule has 0 aliphatic carbocycles. The van der Waals surface area contributed by atoms with Crippen molar-refractivity contribution in [1.29, 1.82) is 0 Å². The molecule has 0 bridgehead atoms. The molecule has 0 saturated carbocycles. The SMILES string of the molecule is CS(=O)(=O)c1ccc(-c2ccc(Nc3ncc(F)c(Nc4ccc(-c5ccc(S(C)(=O)=O)cc5)cc4)n3)cc2)cc1. The van der Waals surface area contributed by atoms with Crippen LogP contribution in [0.3, 0.4) is 0 Å². The molecule has 0 saturated heterocycles. The summed E-state index contributed by atoms with van der Waals surface area (Å²) in [6.07, 6.45) is 3.41. The van der Waals surface area contributed by atoms with Gasteiger partial charge < -0.3 is 10.6 Å². The highest BCUT2D eigenvalue weighted by Gasteiger charge is 2.11. The molecule has 0 amide bonds. The highest BCUT2D eigenvalue weighted by molar-refractivity contribution is 7.91. The molecule has 208 valence electrons. The predicted molar refractivity (Wildman–Crippen MR) is 159 cm³/mol. The molecule has 5 aromatic rings. The number of anilines is 4. The minimum absolute atomic E-state index is 0.00431. The minimum Gasteiger partial charge on any atom is -0.338 e. The Bertz CT molecular complexity index is 1910. The summed E-state index contributed by atoms with van der Waals surface area (Å²) in [4.78, 5) is 8.81. The van der Waals surface area contributed by atoms with Gasteiger partial charge in [0.15, 0.2) is 31.3 Å². The average molecular weight is 589 g/mol. The maximum Gasteiger partial charge on any atom is 0.229 e. The summed E-state index contributed by atoms with van der Waals surface area (Å²) < 4.78 is 61.3. The maximum absolute atomic E-state index is 14.5. The first-order valence-corrected chi connectivity index (χ1v) is 16.1. The third kappa shape index (κ3) is 6.76. The number of sulfone groups is 2. The Morgan fingerprint density at radius 1 is 0.561 bits per heavy atom. The van der Waals surface area contributed by atoms with Crippen LogP contribution >= 0.6 is 0 Å². The molecule has 2 N–H and O–H groups in total. The molecular weight excluding hydrogens is 563 g/mol. The largest absolute Gasteiger partial charge is 0.338 e. The molecule has 0 aliphatic rings. The molecule has 5 rings (SSSR count). The van der Waals surface area contributed by atoms with Gasteiger partial charge in [-0.1, -0.05) is 48.5 Å². The van der Waals surface area contributed by atoms with Crippen LogP contribution in [0.5, 0.6) is 0 Å². The summed E-state index contributed by atoms with van der Waals surface area (Å²) in [6.45, 7) is 0. The zero-order valence-corrected chi connectivity index (χ0v) is 23.7. The molecule has 1 aromatic heterocycles. The summed E-state index contributed by atoms with van der Waals surface area (Å²) in [5, 5.41) is 6.02. The van der Waals surface area contributed by atoms with Crippen LogP contribution in [0, 0.1) is 5.82 Å². The van der Waals surface area contributed by atoms with Crippen molar-refractivity contribution >= 4 is 42.8 Å². The van der Waals surface area contributed by atoms with Crippen molar-refractivity contribution in [2.24, 2.45) is 0 Å². The van der Waals surface area contributed by atoms with Crippen LogP contribution in [0.4, 0.5) is 27.5 Å². The van der Waals surface area contributed by atoms with Crippen molar-refractivity contribution < 1.29 is 21.2 Å². The average Bonchev–Trinajstić information content (AvgIpc) is 2.95. The van der Waals surface area contributed by atoms with E-state index in [1.165, 1.54) is 6.26 Å². The molecule has 0 aliphatic heterocycles. The lowest BCUT2D eigenvalue weighted by Crippen LogP contribution is -2.03. The summed E-state index contributed by atoms with van der Waals surface area (Å²) in [6, 6.07) is 27.9. The van der Waals surface area contributed by atoms with Crippen LogP contribution in [-0.4, -0.2) is 39.3 Å². The van der Waals surface area contributed by atoms with E-state index in [9.17, 15) is 21.2 Å². The third-order valence-electron chi connectivity index (χ3n) is 6.26. The number of nitrogens with zero attached hydrogens (tertiary/aromatic N) is 2. The zero-order valence-electron chi connectivity index (χ0n) is 22.0. The highest BCUT2D eigenvalue weighted by Crippen LogP contribution is 2.27. The van der Waals surface area contributed by atoms with E-state index in [1.54, 1.807) is 60.7 Å². The van der Waals surface area contributed by atoms with Crippen molar-refractivity contribution in [1.82, 2.24) is 9.97 Å². The molecule has 41 heavy (non-hydrogen) atoms. The quantitative estimate of drug-likeness (QED) is 0.219. The van der Waals surface area contributed by atoms with E-state index in [0.717, 1.165) is 34.7 Å². The second kappa shape index (κ2) is 11.1. The van der Waals surface area contributed by atoms with Gasteiger partial charge in [0.25, 0.3) is 0 Å². The zero-order chi connectivity index (χ0) is 29.2. The van der Waals surface area contributed by atoms with Crippen LogP contribution in [0.15, 0.2) is 113 Å². The normalized spacial score (nSPS) is 11.7. The number of hydrogen-bond acceptors (Lipinski definition) is 8. The van der Waals surface area contributed by atoms with Crippen molar-refractivity contribution in [3.8, 4) is 22.3 Å². The Morgan fingerprint density at radius 2 is 0.927 bits per heavy atom. The Kier molecular flexibility index (Phi) is 7.57. The summed E-state index contributed by atoms with van der Waals surface area (Å²) >= 11 is 0. The van der Waals surface area contributed by atoms with Crippen LogP contribution in [0.1, 0.15) is 0 Å². The number of hydrogen-bond donors (Lipinski definition) is 2. The second-order valence-electron chi connectivity index (χ2n) is 9.39. The molecule has 0 atom stereocenters. The van der Waals surface area contributed by atoms with Gasteiger partial charge in [-0.15, -0.1) is 0 Å². The van der Waals surface area contributed by atoms with Crippen LogP contribution < -0.4 is 10.6 Å². The van der Waals surface area contributed by atoms with E-state index in [2.05, 4.69) is 20.6 Å². The topological polar surface area (TPSA) is 118 Å². The van der Waals surface area contributed by atoms with Crippen LogP contribution in [0.2, 0.25) is 0 Å². The van der Waals surface area contributed by atoms with Crippen LogP contribution in [-0.2, 0) is 19.7 Å². The fraction of sp³-hybridized carbons (Fsp3) is 0.0667. The molecule has 0 unspecified atom stereocenters.